The normalized spacial score (nSPS) is 24.3. The highest BCUT2D eigenvalue weighted by Crippen LogP contribution is 2.32. The highest BCUT2D eigenvalue weighted by molar-refractivity contribution is 7.91. The first-order chi connectivity index (χ1) is 9.17. The van der Waals surface area contributed by atoms with E-state index in [4.69, 9.17) is 4.74 Å². The first-order valence-corrected chi connectivity index (χ1v) is 8.45. The van der Waals surface area contributed by atoms with E-state index in [2.05, 4.69) is 5.32 Å². The van der Waals surface area contributed by atoms with Crippen LogP contribution >= 0.6 is 0 Å². The summed E-state index contributed by atoms with van der Waals surface area (Å²) in [4.78, 5) is 0.478. The number of hydrogen-bond donors (Lipinski definition) is 1. The van der Waals surface area contributed by atoms with Gasteiger partial charge in [0, 0.05) is 19.2 Å². The Morgan fingerprint density at radius 3 is 2.84 bits per heavy atom. The third-order valence-corrected chi connectivity index (χ3v) is 5.52. The number of fused-ring (bicyclic) bond motifs is 1. The maximum absolute atomic E-state index is 12.0. The van der Waals surface area contributed by atoms with Gasteiger partial charge < -0.3 is 10.1 Å². The molecule has 1 aromatic rings. The summed E-state index contributed by atoms with van der Waals surface area (Å²) in [6, 6.07) is 7.15. The molecule has 1 aliphatic heterocycles. The minimum absolute atomic E-state index is 0.0919. The quantitative estimate of drug-likeness (QED) is 0.804. The number of benzene rings is 1. The predicted molar refractivity (Wildman–Crippen MR) is 72.8 cm³/mol. The maximum Gasteiger partial charge on any atom is 0.180 e. The Kier molecular flexibility index (Phi) is 3.60. The third-order valence-electron chi connectivity index (χ3n) is 3.70. The van der Waals surface area contributed by atoms with E-state index in [0.717, 1.165) is 18.1 Å². The Morgan fingerprint density at radius 1 is 1.26 bits per heavy atom. The summed E-state index contributed by atoms with van der Waals surface area (Å²) in [6.07, 6.45) is 2.59. The lowest BCUT2D eigenvalue weighted by Gasteiger charge is -2.12. The number of sulfone groups is 1. The van der Waals surface area contributed by atoms with Gasteiger partial charge in [-0.25, -0.2) is 8.42 Å². The van der Waals surface area contributed by atoms with Crippen LogP contribution in [0.4, 0.5) is 0 Å². The number of ether oxygens (including phenoxy) is 1. The predicted octanol–water partition coefficient (Wildman–Crippen LogP) is 1.53. The fourth-order valence-corrected chi connectivity index (χ4v) is 4.23. The molecule has 1 saturated carbocycles. The van der Waals surface area contributed by atoms with Crippen molar-refractivity contribution in [3.63, 3.8) is 0 Å². The molecule has 0 saturated heterocycles. The minimum Gasteiger partial charge on any atom is -0.380 e. The number of nitrogens with one attached hydrogen (secondary N) is 1. The first-order valence-electron chi connectivity index (χ1n) is 6.79. The van der Waals surface area contributed by atoms with E-state index in [0.29, 0.717) is 18.0 Å². The van der Waals surface area contributed by atoms with E-state index in [1.807, 2.05) is 12.1 Å². The van der Waals surface area contributed by atoms with Gasteiger partial charge in [-0.05, 0) is 30.4 Å². The molecule has 4 nitrogen and oxygen atoms in total. The first kappa shape index (κ1) is 13.1. The minimum atomic E-state index is -3.10. The van der Waals surface area contributed by atoms with Crippen LogP contribution in [0.5, 0.6) is 0 Å². The van der Waals surface area contributed by atoms with Crippen LogP contribution in [0, 0.1) is 5.92 Å². The number of hydrogen-bond acceptors (Lipinski definition) is 4. The summed E-state index contributed by atoms with van der Waals surface area (Å²) < 4.78 is 29.5. The van der Waals surface area contributed by atoms with Crippen molar-refractivity contribution in [1.82, 2.24) is 5.32 Å². The zero-order valence-electron chi connectivity index (χ0n) is 10.8. The van der Waals surface area contributed by atoms with Crippen molar-refractivity contribution in [2.75, 3.05) is 25.5 Å². The van der Waals surface area contributed by atoms with Gasteiger partial charge in [0.2, 0.25) is 0 Å². The van der Waals surface area contributed by atoms with Crippen molar-refractivity contribution >= 4 is 9.84 Å². The second kappa shape index (κ2) is 5.23. The summed E-state index contributed by atoms with van der Waals surface area (Å²) in [5, 5.41) is 3.28. The molecule has 1 atom stereocenters. The van der Waals surface area contributed by atoms with E-state index in [1.54, 1.807) is 12.1 Å². The topological polar surface area (TPSA) is 55.4 Å². The van der Waals surface area contributed by atoms with E-state index in [-0.39, 0.29) is 11.8 Å². The van der Waals surface area contributed by atoms with Gasteiger partial charge in [-0.1, -0.05) is 18.2 Å². The molecule has 3 rings (SSSR count). The van der Waals surface area contributed by atoms with Crippen LogP contribution in [-0.4, -0.2) is 33.9 Å². The summed E-state index contributed by atoms with van der Waals surface area (Å²) >= 11 is 0. The molecular weight excluding hydrogens is 262 g/mol. The lowest BCUT2D eigenvalue weighted by molar-refractivity contribution is 0.124. The molecule has 1 fully saturated rings. The van der Waals surface area contributed by atoms with Crippen LogP contribution < -0.4 is 5.32 Å². The summed E-state index contributed by atoms with van der Waals surface area (Å²) in [7, 11) is -3.10. The van der Waals surface area contributed by atoms with Crippen LogP contribution in [0.15, 0.2) is 29.2 Å². The smallest absolute Gasteiger partial charge is 0.180 e. The molecule has 0 spiro atoms. The van der Waals surface area contributed by atoms with Gasteiger partial charge in [-0.15, -0.1) is 0 Å². The second-order valence-corrected chi connectivity index (χ2v) is 7.35. The van der Waals surface area contributed by atoms with Crippen molar-refractivity contribution in [3.05, 3.63) is 29.8 Å². The Morgan fingerprint density at radius 2 is 2.05 bits per heavy atom. The fraction of sp³-hybridized carbons (Fsp3) is 0.571. The van der Waals surface area contributed by atoms with Gasteiger partial charge in [0.05, 0.1) is 17.3 Å². The molecule has 1 heterocycles. The van der Waals surface area contributed by atoms with E-state index >= 15 is 0 Å². The molecular formula is C14H19NO3S. The molecule has 2 aliphatic rings. The van der Waals surface area contributed by atoms with Crippen LogP contribution in [0.2, 0.25) is 0 Å². The van der Waals surface area contributed by atoms with E-state index in [1.165, 1.54) is 12.8 Å². The lowest BCUT2D eigenvalue weighted by atomic mass is 10.1. The van der Waals surface area contributed by atoms with Crippen LogP contribution in [-0.2, 0) is 14.6 Å². The van der Waals surface area contributed by atoms with Crippen molar-refractivity contribution in [2.24, 2.45) is 5.92 Å². The highest BCUT2D eigenvalue weighted by atomic mass is 32.2. The summed E-state index contributed by atoms with van der Waals surface area (Å²) in [5.74, 6) is 0.933. The standard InChI is InChI=1S/C14H19NO3S/c16-19(17)10-13(12-3-1-2-4-14(12)19)15-7-8-18-9-11-5-6-11/h1-4,11,13,15H,5-10H2. The van der Waals surface area contributed by atoms with Gasteiger partial charge in [0.15, 0.2) is 9.84 Å². The SMILES string of the molecule is O=S1(=O)CC(NCCOCC2CC2)c2ccccc21. The van der Waals surface area contributed by atoms with Crippen LogP contribution in [0.25, 0.3) is 0 Å². The molecule has 19 heavy (non-hydrogen) atoms. The maximum atomic E-state index is 12.0. The Hall–Kier alpha value is -0.910. The molecule has 104 valence electrons. The molecule has 0 aromatic heterocycles. The fourth-order valence-electron chi connectivity index (χ4n) is 2.46. The average molecular weight is 281 g/mol. The molecule has 1 N–H and O–H groups in total. The summed E-state index contributed by atoms with van der Waals surface area (Å²) in [5.41, 5.74) is 0.893. The molecule has 1 unspecified atom stereocenters. The van der Waals surface area contributed by atoms with Crippen LogP contribution in [0.1, 0.15) is 24.4 Å². The van der Waals surface area contributed by atoms with E-state index < -0.39 is 9.84 Å². The molecule has 5 heteroatoms. The van der Waals surface area contributed by atoms with Gasteiger partial charge >= 0.3 is 0 Å². The molecule has 1 aromatic carbocycles. The highest BCUT2D eigenvalue weighted by Gasteiger charge is 2.33. The van der Waals surface area contributed by atoms with Crippen molar-refractivity contribution in [3.8, 4) is 0 Å². The van der Waals surface area contributed by atoms with Crippen LogP contribution in [0.3, 0.4) is 0 Å². The Balaban J connectivity index is 1.54. The van der Waals surface area contributed by atoms with Crippen molar-refractivity contribution < 1.29 is 13.2 Å². The largest absolute Gasteiger partial charge is 0.380 e. The zero-order chi connectivity index (χ0) is 13.3. The zero-order valence-corrected chi connectivity index (χ0v) is 11.7. The van der Waals surface area contributed by atoms with Gasteiger partial charge in [0.25, 0.3) is 0 Å². The molecule has 0 radical (unpaired) electrons. The third kappa shape index (κ3) is 2.99. The Labute approximate surface area is 114 Å². The average Bonchev–Trinajstić information content (AvgIpc) is 3.17. The summed E-state index contributed by atoms with van der Waals surface area (Å²) in [6.45, 7) is 2.19. The van der Waals surface area contributed by atoms with Gasteiger partial charge in [-0.2, -0.15) is 0 Å². The molecule has 0 amide bonds. The molecule has 1 aliphatic carbocycles. The lowest BCUT2D eigenvalue weighted by Crippen LogP contribution is -2.26. The monoisotopic (exact) mass is 281 g/mol. The number of rotatable bonds is 6. The van der Waals surface area contributed by atoms with Gasteiger partial charge in [-0.3, -0.25) is 0 Å². The Bertz CT molecular complexity index is 552. The molecule has 0 bridgehead atoms. The van der Waals surface area contributed by atoms with E-state index in [9.17, 15) is 8.42 Å². The second-order valence-electron chi connectivity index (χ2n) is 5.34. The van der Waals surface area contributed by atoms with Crippen molar-refractivity contribution in [2.45, 2.75) is 23.8 Å². The van der Waals surface area contributed by atoms with Gasteiger partial charge in [0.1, 0.15) is 0 Å². The van der Waals surface area contributed by atoms with Crippen molar-refractivity contribution in [1.29, 1.82) is 0 Å².